The largest absolute Gasteiger partial charge is 0.456 e. The quantitative estimate of drug-likeness (QED) is 0.508. The number of halogens is 3. The van der Waals surface area contributed by atoms with Crippen LogP contribution in [0.2, 0.25) is 0 Å². The Morgan fingerprint density at radius 1 is 1.08 bits per heavy atom. The van der Waals surface area contributed by atoms with E-state index >= 15 is 0 Å². The first kappa shape index (κ1) is 20.3. The molecule has 0 spiro atoms. The van der Waals surface area contributed by atoms with E-state index in [0.29, 0.717) is 18.2 Å². The molecular weight excluding hydrogens is 373 g/mol. The van der Waals surface area contributed by atoms with Gasteiger partial charge in [-0.3, -0.25) is 0 Å². The molecule has 1 atom stereocenters. The van der Waals surface area contributed by atoms with Gasteiger partial charge in [0.1, 0.15) is 0 Å². The molecule has 0 aliphatic carbocycles. The highest BCUT2D eigenvalue weighted by Gasteiger charge is 2.59. The van der Waals surface area contributed by atoms with Crippen molar-refractivity contribution < 1.29 is 25.2 Å². The van der Waals surface area contributed by atoms with Gasteiger partial charge >= 0.3 is 5.51 Å². The summed E-state index contributed by atoms with van der Waals surface area (Å²) >= 11 is 0. The minimum absolute atomic E-state index is 0.0446. The summed E-state index contributed by atoms with van der Waals surface area (Å²) in [5.74, 6) is 0. The number of alkyl halides is 3. The van der Waals surface area contributed by atoms with Crippen LogP contribution in [0.5, 0.6) is 0 Å². The van der Waals surface area contributed by atoms with Gasteiger partial charge in [-0.05, 0) is 30.5 Å². The summed E-state index contributed by atoms with van der Waals surface area (Å²) in [6.45, 7) is 2.06. The second-order valence-electron chi connectivity index (χ2n) is 6.09. The molecule has 1 aliphatic heterocycles. The molecule has 0 N–H and O–H groups in total. The fourth-order valence-corrected chi connectivity index (χ4v) is 7.67. The Morgan fingerprint density at radius 3 is 2.32 bits per heavy atom. The van der Waals surface area contributed by atoms with Crippen LogP contribution in [0.25, 0.3) is 6.08 Å². The molecule has 1 heterocycles. The van der Waals surface area contributed by atoms with E-state index in [0.717, 1.165) is 25.7 Å². The van der Waals surface area contributed by atoms with Crippen molar-refractivity contribution in [3.05, 3.63) is 34.7 Å². The van der Waals surface area contributed by atoms with Crippen LogP contribution < -0.4 is 0 Å². The van der Waals surface area contributed by atoms with Gasteiger partial charge < -0.3 is 0 Å². The van der Waals surface area contributed by atoms with Crippen molar-refractivity contribution in [2.75, 3.05) is 6.26 Å². The normalized spacial score (nSPS) is 23.0. The molecule has 8 heteroatoms. The van der Waals surface area contributed by atoms with Gasteiger partial charge in [0, 0.05) is 20.1 Å². The van der Waals surface area contributed by atoms with Crippen LogP contribution in [-0.4, -0.2) is 20.2 Å². The molecule has 1 aliphatic rings. The van der Waals surface area contributed by atoms with Crippen molar-refractivity contribution in [1.82, 2.24) is 0 Å². The number of unbranched alkanes of at least 4 members (excludes halogenated alkanes) is 4. The molecule has 0 amide bonds. The Morgan fingerprint density at radius 2 is 1.72 bits per heavy atom. The van der Waals surface area contributed by atoms with Gasteiger partial charge in [-0.2, -0.15) is 21.6 Å². The zero-order valence-electron chi connectivity index (χ0n) is 14.3. The van der Waals surface area contributed by atoms with E-state index in [1.54, 1.807) is 12.1 Å². The Labute approximate surface area is 148 Å². The van der Waals surface area contributed by atoms with Gasteiger partial charge in [0.15, 0.2) is 0 Å². The molecule has 25 heavy (non-hydrogen) atoms. The first-order valence-corrected chi connectivity index (χ1v) is 11.6. The SMILES string of the molecule is CCCCCCCC1=Cc2ccccc2S1(OS(C)(=O)=O)C(F)(F)F. The van der Waals surface area contributed by atoms with Gasteiger partial charge in [0.2, 0.25) is 0 Å². The maximum atomic E-state index is 14.1. The molecule has 1 aromatic rings. The van der Waals surface area contributed by atoms with Gasteiger partial charge in [-0.1, -0.05) is 50.8 Å². The molecule has 0 fully saturated rings. The number of hydrogen-bond donors (Lipinski definition) is 0. The summed E-state index contributed by atoms with van der Waals surface area (Å²) in [5.41, 5.74) is -4.40. The monoisotopic (exact) mass is 396 g/mol. The molecule has 3 nitrogen and oxygen atoms in total. The number of allylic oxidation sites excluding steroid dienone is 1. The summed E-state index contributed by atoms with van der Waals surface area (Å²) < 4.78 is 70.5. The molecule has 0 saturated carbocycles. The topological polar surface area (TPSA) is 43.4 Å². The third kappa shape index (κ3) is 4.41. The standard InChI is InChI=1S/C17H23F3O3S2/c1-3-4-5-6-7-11-15-13-14-10-8-9-12-16(14)25(15,17(18,19)20)23-24(2,21)22/h8-10,12-13H,3-7,11H2,1-2H3. The minimum atomic E-state index is -4.79. The Bertz CT molecular complexity index is 742. The van der Waals surface area contributed by atoms with E-state index < -0.39 is 25.9 Å². The second-order valence-corrected chi connectivity index (χ2v) is 10.6. The number of benzene rings is 1. The van der Waals surface area contributed by atoms with E-state index in [4.69, 9.17) is 3.63 Å². The Hall–Kier alpha value is -0.990. The summed E-state index contributed by atoms with van der Waals surface area (Å²) in [5, 5.41) is 0. The number of fused-ring (bicyclic) bond motifs is 1. The average Bonchev–Trinajstić information content (AvgIpc) is 2.80. The van der Waals surface area contributed by atoms with Crippen molar-refractivity contribution >= 4 is 26.5 Å². The highest BCUT2D eigenvalue weighted by molar-refractivity contribution is 8.36. The van der Waals surface area contributed by atoms with Crippen molar-refractivity contribution in [1.29, 1.82) is 0 Å². The summed E-state index contributed by atoms with van der Waals surface area (Å²) in [6.07, 6.45) is 6.75. The first-order chi connectivity index (χ1) is 11.6. The van der Waals surface area contributed by atoms with E-state index in [2.05, 4.69) is 6.92 Å². The van der Waals surface area contributed by atoms with Crippen molar-refractivity contribution in [3.63, 3.8) is 0 Å². The highest BCUT2D eigenvalue weighted by Crippen LogP contribution is 2.78. The van der Waals surface area contributed by atoms with E-state index in [-0.39, 0.29) is 16.2 Å². The van der Waals surface area contributed by atoms with Gasteiger partial charge in [0.25, 0.3) is 10.1 Å². The Kier molecular flexibility index (Phi) is 6.27. The van der Waals surface area contributed by atoms with E-state index in [1.807, 2.05) is 0 Å². The fourth-order valence-electron chi connectivity index (χ4n) is 2.96. The smallest absolute Gasteiger partial charge is 0.203 e. The molecule has 1 unspecified atom stereocenters. The maximum Gasteiger partial charge on any atom is 0.456 e. The number of hydrogen-bond acceptors (Lipinski definition) is 3. The summed E-state index contributed by atoms with van der Waals surface area (Å²) in [6, 6.07) is 6.01. The van der Waals surface area contributed by atoms with Crippen LogP contribution in [0.1, 0.15) is 51.0 Å². The van der Waals surface area contributed by atoms with Gasteiger partial charge in [-0.25, -0.2) is 3.63 Å². The molecule has 0 aromatic heterocycles. The predicted octanol–water partition coefficient (Wildman–Crippen LogP) is 5.98. The van der Waals surface area contributed by atoms with E-state index in [1.165, 1.54) is 18.2 Å². The first-order valence-electron chi connectivity index (χ1n) is 8.22. The molecular formula is C17H23F3O3S2. The third-order valence-electron chi connectivity index (χ3n) is 3.99. The van der Waals surface area contributed by atoms with Crippen LogP contribution >= 0.6 is 10.3 Å². The van der Waals surface area contributed by atoms with Crippen molar-refractivity contribution in [3.8, 4) is 0 Å². The van der Waals surface area contributed by atoms with Crippen LogP contribution in [0, 0.1) is 0 Å². The van der Waals surface area contributed by atoms with Crippen LogP contribution in [-0.2, 0) is 13.7 Å². The van der Waals surface area contributed by atoms with Gasteiger partial charge in [0.05, 0.1) is 6.26 Å². The third-order valence-corrected chi connectivity index (χ3v) is 8.50. The number of rotatable bonds is 8. The van der Waals surface area contributed by atoms with Crippen LogP contribution in [0.3, 0.4) is 0 Å². The van der Waals surface area contributed by atoms with Crippen LogP contribution in [0.15, 0.2) is 34.1 Å². The lowest BCUT2D eigenvalue weighted by molar-refractivity contribution is -0.0429. The molecule has 1 aromatic carbocycles. The van der Waals surface area contributed by atoms with Gasteiger partial charge in [-0.15, -0.1) is 0 Å². The van der Waals surface area contributed by atoms with E-state index in [9.17, 15) is 21.6 Å². The maximum absolute atomic E-state index is 14.1. The lowest BCUT2D eigenvalue weighted by Gasteiger charge is -2.38. The molecule has 2 rings (SSSR count). The summed E-state index contributed by atoms with van der Waals surface area (Å²) in [7, 11) is -8.34. The average molecular weight is 396 g/mol. The molecule has 142 valence electrons. The Balaban J connectivity index is 2.41. The van der Waals surface area contributed by atoms with Crippen molar-refractivity contribution in [2.45, 2.75) is 55.9 Å². The molecule has 0 radical (unpaired) electrons. The molecule has 0 saturated heterocycles. The van der Waals surface area contributed by atoms with Crippen LogP contribution in [0.4, 0.5) is 13.2 Å². The lowest BCUT2D eigenvalue weighted by Crippen LogP contribution is -2.25. The second kappa shape index (κ2) is 7.72. The minimum Gasteiger partial charge on any atom is -0.203 e. The highest BCUT2D eigenvalue weighted by atomic mass is 32.3. The zero-order valence-corrected chi connectivity index (χ0v) is 15.9. The zero-order chi connectivity index (χ0) is 18.7. The summed E-state index contributed by atoms with van der Waals surface area (Å²) in [4.78, 5) is -0.0281. The molecule has 0 bridgehead atoms. The fraction of sp³-hybridized carbons (Fsp3) is 0.529. The van der Waals surface area contributed by atoms with Crippen molar-refractivity contribution in [2.24, 2.45) is 0 Å². The lowest BCUT2D eigenvalue weighted by atomic mass is 10.1. The predicted molar refractivity (Wildman–Crippen MR) is 95.6 cm³/mol.